The van der Waals surface area contributed by atoms with Gasteiger partial charge in [-0.2, -0.15) is 0 Å². The molecule has 0 saturated heterocycles. The van der Waals surface area contributed by atoms with Gasteiger partial charge in [-0.1, -0.05) is 44.2 Å². The summed E-state index contributed by atoms with van der Waals surface area (Å²) in [5.41, 5.74) is 3.82. The van der Waals surface area contributed by atoms with Crippen molar-refractivity contribution in [1.29, 1.82) is 0 Å². The fraction of sp³-hybridized carbons (Fsp3) is 0.294. The summed E-state index contributed by atoms with van der Waals surface area (Å²) in [5.74, 6) is 1.42. The lowest BCUT2D eigenvalue weighted by atomic mass is 10.0. The molecular weight excluding hydrogens is 234 g/mol. The molecule has 0 fully saturated rings. The van der Waals surface area contributed by atoms with Crippen LogP contribution < -0.4 is 10.1 Å². The van der Waals surface area contributed by atoms with E-state index in [9.17, 15) is 0 Å². The number of hydrogen-bond donors (Lipinski definition) is 1. The third-order valence-corrected chi connectivity index (χ3v) is 3.22. The maximum atomic E-state index is 5.16. The Labute approximate surface area is 115 Å². The van der Waals surface area contributed by atoms with Crippen LogP contribution in [0.5, 0.6) is 5.75 Å². The van der Waals surface area contributed by atoms with Crippen LogP contribution in [-0.2, 0) is 6.54 Å². The molecule has 0 radical (unpaired) electrons. The topological polar surface area (TPSA) is 21.3 Å². The Kier molecular flexibility index (Phi) is 4.45. The van der Waals surface area contributed by atoms with Crippen LogP contribution in [-0.4, -0.2) is 7.11 Å². The number of hydrogen-bond acceptors (Lipinski definition) is 2. The van der Waals surface area contributed by atoms with Crippen LogP contribution in [0.3, 0.4) is 0 Å². The summed E-state index contributed by atoms with van der Waals surface area (Å²) in [7, 11) is 1.69. The van der Waals surface area contributed by atoms with Gasteiger partial charge >= 0.3 is 0 Å². The van der Waals surface area contributed by atoms with E-state index in [4.69, 9.17) is 4.74 Å². The summed E-state index contributed by atoms with van der Waals surface area (Å²) < 4.78 is 5.16. The fourth-order valence-corrected chi connectivity index (χ4v) is 2.10. The first-order valence-electron chi connectivity index (χ1n) is 6.66. The smallest absolute Gasteiger partial charge is 0.118 e. The zero-order valence-electron chi connectivity index (χ0n) is 11.8. The quantitative estimate of drug-likeness (QED) is 0.853. The maximum absolute atomic E-state index is 5.16. The summed E-state index contributed by atoms with van der Waals surface area (Å²) in [6, 6.07) is 16.6. The zero-order valence-corrected chi connectivity index (χ0v) is 11.8. The van der Waals surface area contributed by atoms with Crippen LogP contribution in [0, 0.1) is 0 Å². The Morgan fingerprint density at radius 3 is 2.32 bits per heavy atom. The number of anilines is 1. The molecule has 1 N–H and O–H groups in total. The highest BCUT2D eigenvalue weighted by Crippen LogP contribution is 2.24. The number of nitrogens with one attached hydrogen (secondary N) is 1. The van der Waals surface area contributed by atoms with Gasteiger partial charge < -0.3 is 10.1 Å². The van der Waals surface area contributed by atoms with Crippen molar-refractivity contribution in [1.82, 2.24) is 0 Å². The van der Waals surface area contributed by atoms with Gasteiger partial charge in [0.25, 0.3) is 0 Å². The second-order valence-corrected chi connectivity index (χ2v) is 4.94. The summed E-state index contributed by atoms with van der Waals surface area (Å²) in [5, 5.41) is 3.51. The molecule has 0 unspecified atom stereocenters. The number of benzene rings is 2. The van der Waals surface area contributed by atoms with Gasteiger partial charge in [0.2, 0.25) is 0 Å². The Hall–Kier alpha value is -1.96. The molecule has 2 rings (SSSR count). The first-order chi connectivity index (χ1) is 9.20. The Balaban J connectivity index is 2.05. The van der Waals surface area contributed by atoms with Crippen molar-refractivity contribution < 1.29 is 4.74 Å². The molecule has 0 bridgehead atoms. The summed E-state index contributed by atoms with van der Waals surface area (Å²) in [6.07, 6.45) is 0. The Morgan fingerprint density at radius 1 is 1.00 bits per heavy atom. The van der Waals surface area contributed by atoms with Crippen molar-refractivity contribution in [3.8, 4) is 5.75 Å². The van der Waals surface area contributed by atoms with Gasteiger partial charge in [-0.3, -0.25) is 0 Å². The molecule has 0 amide bonds. The molecule has 0 saturated carbocycles. The molecule has 19 heavy (non-hydrogen) atoms. The van der Waals surface area contributed by atoms with Crippen LogP contribution in [0.4, 0.5) is 5.69 Å². The Bertz CT molecular complexity index is 517. The lowest BCUT2D eigenvalue weighted by Crippen LogP contribution is -2.03. The van der Waals surface area contributed by atoms with E-state index >= 15 is 0 Å². The molecule has 2 aromatic carbocycles. The maximum Gasteiger partial charge on any atom is 0.118 e. The lowest BCUT2D eigenvalue weighted by Gasteiger charge is -2.14. The highest BCUT2D eigenvalue weighted by atomic mass is 16.5. The molecule has 0 aliphatic rings. The minimum atomic E-state index is 0.527. The molecule has 0 aliphatic carbocycles. The van der Waals surface area contributed by atoms with Gasteiger partial charge in [-0.15, -0.1) is 0 Å². The molecule has 0 atom stereocenters. The fourth-order valence-electron chi connectivity index (χ4n) is 2.10. The monoisotopic (exact) mass is 255 g/mol. The summed E-state index contributed by atoms with van der Waals surface area (Å²) in [4.78, 5) is 0. The molecule has 2 nitrogen and oxygen atoms in total. The summed E-state index contributed by atoms with van der Waals surface area (Å²) >= 11 is 0. The predicted molar refractivity (Wildman–Crippen MR) is 80.9 cm³/mol. The minimum Gasteiger partial charge on any atom is -0.497 e. The third-order valence-electron chi connectivity index (χ3n) is 3.22. The molecular formula is C17H21NO. The molecule has 100 valence electrons. The van der Waals surface area contributed by atoms with Gasteiger partial charge in [0, 0.05) is 12.2 Å². The van der Waals surface area contributed by atoms with E-state index in [1.807, 2.05) is 12.1 Å². The Morgan fingerprint density at radius 2 is 1.68 bits per heavy atom. The molecule has 2 aromatic rings. The van der Waals surface area contributed by atoms with Crippen LogP contribution in [0.15, 0.2) is 48.5 Å². The first kappa shape index (κ1) is 13.5. The minimum absolute atomic E-state index is 0.527. The van der Waals surface area contributed by atoms with E-state index in [-0.39, 0.29) is 0 Å². The third kappa shape index (κ3) is 3.50. The highest BCUT2D eigenvalue weighted by Gasteiger charge is 2.05. The molecule has 0 heterocycles. The number of rotatable bonds is 5. The molecule has 0 aliphatic heterocycles. The van der Waals surface area contributed by atoms with E-state index in [2.05, 4.69) is 55.6 Å². The van der Waals surface area contributed by atoms with E-state index in [1.54, 1.807) is 7.11 Å². The van der Waals surface area contributed by atoms with Gasteiger partial charge in [0.1, 0.15) is 5.75 Å². The molecule has 2 heteroatoms. The lowest BCUT2D eigenvalue weighted by molar-refractivity contribution is 0.414. The van der Waals surface area contributed by atoms with Crippen molar-refractivity contribution in [2.75, 3.05) is 12.4 Å². The average Bonchev–Trinajstić information content (AvgIpc) is 2.46. The number of methoxy groups -OCH3 is 1. The zero-order chi connectivity index (χ0) is 13.7. The van der Waals surface area contributed by atoms with Gasteiger partial charge in [0.15, 0.2) is 0 Å². The van der Waals surface area contributed by atoms with E-state index in [0.29, 0.717) is 5.92 Å². The van der Waals surface area contributed by atoms with Crippen LogP contribution in [0.2, 0.25) is 0 Å². The standard InChI is InChI=1S/C17H21NO/c1-13(2)16-6-4-5-7-17(16)18-12-14-8-10-15(19-3)11-9-14/h4-11,13,18H,12H2,1-3H3. The summed E-state index contributed by atoms with van der Waals surface area (Å²) in [6.45, 7) is 5.26. The first-order valence-corrected chi connectivity index (χ1v) is 6.66. The second-order valence-electron chi connectivity index (χ2n) is 4.94. The normalized spacial score (nSPS) is 10.5. The van der Waals surface area contributed by atoms with Crippen molar-refractivity contribution >= 4 is 5.69 Å². The predicted octanol–water partition coefficient (Wildman–Crippen LogP) is 4.43. The van der Waals surface area contributed by atoms with Crippen molar-refractivity contribution in [2.24, 2.45) is 0 Å². The average molecular weight is 255 g/mol. The van der Waals surface area contributed by atoms with Crippen LogP contribution in [0.1, 0.15) is 30.9 Å². The SMILES string of the molecule is COc1ccc(CNc2ccccc2C(C)C)cc1. The second kappa shape index (κ2) is 6.28. The van der Waals surface area contributed by atoms with Crippen molar-refractivity contribution in [3.63, 3.8) is 0 Å². The molecule has 0 spiro atoms. The highest BCUT2D eigenvalue weighted by molar-refractivity contribution is 5.52. The van der Waals surface area contributed by atoms with Crippen LogP contribution in [0.25, 0.3) is 0 Å². The van der Waals surface area contributed by atoms with Gasteiger partial charge in [-0.05, 0) is 35.2 Å². The van der Waals surface area contributed by atoms with Gasteiger partial charge in [-0.25, -0.2) is 0 Å². The van der Waals surface area contributed by atoms with Crippen LogP contribution >= 0.6 is 0 Å². The number of para-hydroxylation sites is 1. The van der Waals surface area contributed by atoms with Gasteiger partial charge in [0.05, 0.1) is 7.11 Å². The van der Waals surface area contributed by atoms with Crippen molar-refractivity contribution in [2.45, 2.75) is 26.3 Å². The van der Waals surface area contributed by atoms with E-state index in [0.717, 1.165) is 12.3 Å². The molecule has 0 aromatic heterocycles. The van der Waals surface area contributed by atoms with Crippen molar-refractivity contribution in [3.05, 3.63) is 59.7 Å². The van der Waals surface area contributed by atoms with E-state index in [1.165, 1.54) is 16.8 Å². The number of ether oxygens (including phenoxy) is 1. The van der Waals surface area contributed by atoms with E-state index < -0.39 is 0 Å². The largest absolute Gasteiger partial charge is 0.497 e.